The highest BCUT2D eigenvalue weighted by atomic mass is 16.4. The number of amides is 1. The largest absolute Gasteiger partial charge is 0.481 e. The van der Waals surface area contributed by atoms with Crippen LogP contribution in [0.25, 0.3) is 0 Å². The van der Waals surface area contributed by atoms with E-state index in [1.807, 2.05) is 12.1 Å². The van der Waals surface area contributed by atoms with Crippen molar-refractivity contribution in [2.45, 2.75) is 32.1 Å². The molecule has 1 saturated heterocycles. The molecule has 1 aromatic rings. The molecule has 0 unspecified atom stereocenters. The van der Waals surface area contributed by atoms with E-state index in [4.69, 9.17) is 5.11 Å². The van der Waals surface area contributed by atoms with Gasteiger partial charge in [0.2, 0.25) is 5.91 Å². The van der Waals surface area contributed by atoms with Crippen LogP contribution in [0.4, 0.5) is 5.69 Å². The fourth-order valence-corrected chi connectivity index (χ4v) is 3.12. The van der Waals surface area contributed by atoms with Crippen LogP contribution in [0.2, 0.25) is 0 Å². The molecule has 2 aliphatic rings. The van der Waals surface area contributed by atoms with Crippen LogP contribution in [0.3, 0.4) is 0 Å². The van der Waals surface area contributed by atoms with Crippen LogP contribution in [-0.2, 0) is 22.4 Å². The first-order valence-electron chi connectivity index (χ1n) is 6.81. The van der Waals surface area contributed by atoms with Crippen LogP contribution < -0.4 is 4.90 Å². The van der Waals surface area contributed by atoms with Crippen LogP contribution in [0, 0.1) is 5.92 Å². The average Bonchev–Trinajstić information content (AvgIpc) is 2.80. The zero-order valence-electron chi connectivity index (χ0n) is 10.8. The lowest BCUT2D eigenvalue weighted by atomic mass is 9.90. The number of benzene rings is 1. The minimum Gasteiger partial charge on any atom is -0.481 e. The summed E-state index contributed by atoms with van der Waals surface area (Å²) >= 11 is 0. The number of hydrogen-bond donors (Lipinski definition) is 1. The summed E-state index contributed by atoms with van der Waals surface area (Å²) in [5, 5.41) is 9.06. The fraction of sp³-hybridized carbons (Fsp3) is 0.467. The first kappa shape index (κ1) is 12.2. The summed E-state index contributed by atoms with van der Waals surface area (Å²) in [7, 11) is 0. The van der Waals surface area contributed by atoms with Gasteiger partial charge in [0.05, 0.1) is 5.92 Å². The third-order valence-electron chi connectivity index (χ3n) is 4.14. The Bertz CT molecular complexity index is 538. The number of hydrogen-bond acceptors (Lipinski definition) is 2. The van der Waals surface area contributed by atoms with Crippen molar-refractivity contribution in [2.24, 2.45) is 5.92 Å². The van der Waals surface area contributed by atoms with E-state index in [-0.39, 0.29) is 12.3 Å². The Kier molecular flexibility index (Phi) is 3.01. The SMILES string of the molecule is O=C(O)[C@@H]1CC(=O)N(c2cccc3c2CCCC3)C1. The second kappa shape index (κ2) is 4.68. The van der Waals surface area contributed by atoms with E-state index in [2.05, 4.69) is 6.07 Å². The summed E-state index contributed by atoms with van der Waals surface area (Å²) in [6.45, 7) is 0.310. The molecule has 4 heteroatoms. The normalized spacial score (nSPS) is 22.4. The van der Waals surface area contributed by atoms with Crippen LogP contribution in [-0.4, -0.2) is 23.5 Å². The number of aryl methyl sites for hydroxylation is 1. The Balaban J connectivity index is 1.95. The van der Waals surface area contributed by atoms with Gasteiger partial charge >= 0.3 is 5.97 Å². The molecular weight excluding hydrogens is 242 g/mol. The van der Waals surface area contributed by atoms with Crippen molar-refractivity contribution < 1.29 is 14.7 Å². The molecule has 1 heterocycles. The molecule has 0 bridgehead atoms. The van der Waals surface area contributed by atoms with Gasteiger partial charge in [-0.3, -0.25) is 9.59 Å². The molecule has 1 aliphatic carbocycles. The summed E-state index contributed by atoms with van der Waals surface area (Å²) in [6, 6.07) is 6.04. The number of fused-ring (bicyclic) bond motifs is 1. The molecule has 1 aliphatic heterocycles. The van der Waals surface area contributed by atoms with Crippen molar-refractivity contribution in [3.8, 4) is 0 Å². The maximum atomic E-state index is 12.0. The molecule has 1 N–H and O–H groups in total. The lowest BCUT2D eigenvalue weighted by Crippen LogP contribution is -2.27. The molecule has 1 amide bonds. The fourth-order valence-electron chi connectivity index (χ4n) is 3.12. The molecule has 3 rings (SSSR count). The second-order valence-corrected chi connectivity index (χ2v) is 5.37. The minimum atomic E-state index is -0.874. The van der Waals surface area contributed by atoms with Gasteiger partial charge in [-0.05, 0) is 42.9 Å². The Morgan fingerprint density at radius 1 is 1.26 bits per heavy atom. The molecule has 0 saturated carbocycles. The third-order valence-corrected chi connectivity index (χ3v) is 4.14. The Hall–Kier alpha value is -1.84. The highest BCUT2D eigenvalue weighted by molar-refractivity contribution is 5.99. The van der Waals surface area contributed by atoms with E-state index < -0.39 is 11.9 Å². The van der Waals surface area contributed by atoms with Crippen molar-refractivity contribution in [3.63, 3.8) is 0 Å². The molecular formula is C15H17NO3. The predicted octanol–water partition coefficient (Wildman–Crippen LogP) is 2.00. The standard InChI is InChI=1S/C15H17NO3/c17-14-8-11(15(18)19)9-16(14)13-7-3-5-10-4-1-2-6-12(10)13/h3,5,7,11H,1-2,4,6,8-9H2,(H,18,19)/t11-/m1/s1. The molecule has 0 radical (unpaired) electrons. The van der Waals surface area contributed by atoms with Gasteiger partial charge in [-0.2, -0.15) is 0 Å². The molecule has 0 spiro atoms. The molecule has 1 fully saturated rings. The quantitative estimate of drug-likeness (QED) is 0.883. The zero-order valence-corrected chi connectivity index (χ0v) is 10.8. The highest BCUT2D eigenvalue weighted by Crippen LogP contribution is 2.33. The van der Waals surface area contributed by atoms with Crippen LogP contribution in [0.1, 0.15) is 30.4 Å². The molecule has 4 nitrogen and oxygen atoms in total. The summed E-state index contributed by atoms with van der Waals surface area (Å²) in [5.74, 6) is -1.50. The number of carbonyl (C=O) groups excluding carboxylic acids is 1. The number of nitrogens with zero attached hydrogens (tertiary/aromatic N) is 1. The lowest BCUT2D eigenvalue weighted by Gasteiger charge is -2.25. The highest BCUT2D eigenvalue weighted by Gasteiger charge is 2.36. The number of carbonyl (C=O) groups is 2. The van der Waals surface area contributed by atoms with Gasteiger partial charge < -0.3 is 10.0 Å². The molecule has 1 atom stereocenters. The second-order valence-electron chi connectivity index (χ2n) is 5.37. The Labute approximate surface area is 112 Å². The maximum Gasteiger partial charge on any atom is 0.308 e. The monoisotopic (exact) mass is 259 g/mol. The van der Waals surface area contributed by atoms with E-state index in [1.54, 1.807) is 4.90 Å². The third kappa shape index (κ3) is 2.11. The van der Waals surface area contributed by atoms with Crippen molar-refractivity contribution in [2.75, 3.05) is 11.4 Å². The molecule has 0 aromatic heterocycles. The summed E-state index contributed by atoms with van der Waals surface area (Å²) in [5.41, 5.74) is 3.49. The number of anilines is 1. The first-order valence-corrected chi connectivity index (χ1v) is 6.81. The summed E-state index contributed by atoms with van der Waals surface area (Å²) in [6.07, 6.45) is 4.52. The summed E-state index contributed by atoms with van der Waals surface area (Å²) in [4.78, 5) is 24.7. The van der Waals surface area contributed by atoms with E-state index in [0.29, 0.717) is 6.54 Å². The Morgan fingerprint density at radius 2 is 2.05 bits per heavy atom. The molecule has 1 aromatic carbocycles. The maximum absolute atomic E-state index is 12.0. The van der Waals surface area contributed by atoms with Crippen LogP contribution in [0.15, 0.2) is 18.2 Å². The van der Waals surface area contributed by atoms with E-state index >= 15 is 0 Å². The van der Waals surface area contributed by atoms with Crippen molar-refractivity contribution >= 4 is 17.6 Å². The van der Waals surface area contributed by atoms with Gasteiger partial charge in [0.25, 0.3) is 0 Å². The number of carboxylic acids is 1. The van der Waals surface area contributed by atoms with Crippen LogP contribution in [0.5, 0.6) is 0 Å². The number of rotatable bonds is 2. The zero-order chi connectivity index (χ0) is 13.4. The van der Waals surface area contributed by atoms with Gasteiger partial charge in [0.15, 0.2) is 0 Å². The topological polar surface area (TPSA) is 57.6 Å². The average molecular weight is 259 g/mol. The molecule has 100 valence electrons. The molecule has 19 heavy (non-hydrogen) atoms. The van der Waals surface area contributed by atoms with E-state index in [0.717, 1.165) is 24.9 Å². The number of aliphatic carboxylic acids is 1. The van der Waals surface area contributed by atoms with E-state index in [1.165, 1.54) is 17.5 Å². The smallest absolute Gasteiger partial charge is 0.308 e. The summed E-state index contributed by atoms with van der Waals surface area (Å²) < 4.78 is 0. The van der Waals surface area contributed by atoms with Gasteiger partial charge in [-0.15, -0.1) is 0 Å². The number of carboxylic acid groups (broad SMARTS) is 1. The minimum absolute atomic E-state index is 0.0635. The Morgan fingerprint density at radius 3 is 2.79 bits per heavy atom. The van der Waals surface area contributed by atoms with E-state index in [9.17, 15) is 9.59 Å². The van der Waals surface area contributed by atoms with Crippen molar-refractivity contribution in [3.05, 3.63) is 29.3 Å². The van der Waals surface area contributed by atoms with Gasteiger partial charge in [-0.1, -0.05) is 12.1 Å². The van der Waals surface area contributed by atoms with Crippen molar-refractivity contribution in [1.29, 1.82) is 0 Å². The van der Waals surface area contributed by atoms with Crippen LogP contribution >= 0.6 is 0 Å². The predicted molar refractivity (Wildman–Crippen MR) is 71.2 cm³/mol. The van der Waals surface area contributed by atoms with Gasteiger partial charge in [0, 0.05) is 18.7 Å². The lowest BCUT2D eigenvalue weighted by molar-refractivity contribution is -0.141. The first-order chi connectivity index (χ1) is 9.16. The van der Waals surface area contributed by atoms with Gasteiger partial charge in [0.1, 0.15) is 0 Å². The van der Waals surface area contributed by atoms with Crippen molar-refractivity contribution in [1.82, 2.24) is 0 Å². The van der Waals surface area contributed by atoms with Gasteiger partial charge in [-0.25, -0.2) is 0 Å².